The van der Waals surface area contributed by atoms with E-state index in [0.29, 0.717) is 5.92 Å². The van der Waals surface area contributed by atoms with Crippen molar-refractivity contribution in [2.75, 3.05) is 26.7 Å². The van der Waals surface area contributed by atoms with Crippen molar-refractivity contribution >= 4 is 5.96 Å². The minimum absolute atomic E-state index is 0.543. The van der Waals surface area contributed by atoms with E-state index in [1.54, 1.807) is 0 Å². The molecule has 0 aliphatic carbocycles. The van der Waals surface area contributed by atoms with Gasteiger partial charge in [0, 0.05) is 58.1 Å². The molecule has 3 heterocycles. The van der Waals surface area contributed by atoms with Gasteiger partial charge in [0.2, 0.25) is 0 Å². The normalized spacial score (nSPS) is 18.2. The zero-order valence-corrected chi connectivity index (χ0v) is 15.7. The van der Waals surface area contributed by atoms with Gasteiger partial charge in [-0.05, 0) is 38.3 Å². The van der Waals surface area contributed by atoms with Crippen LogP contribution < -0.4 is 5.32 Å². The van der Waals surface area contributed by atoms with Gasteiger partial charge in [-0.1, -0.05) is 0 Å². The molecule has 0 aromatic carbocycles. The molecule has 1 atom stereocenters. The standard InChI is InChI=1S/C18H29N7/c1-14-10-15(2)25(22-14)8-5-7-20-18(19-3)24-9-6-16(13-24)17-11-21-23(4)12-17/h10-12,16H,5-9,13H2,1-4H3,(H,19,20). The van der Waals surface area contributed by atoms with Crippen LogP contribution in [0.15, 0.2) is 23.5 Å². The van der Waals surface area contributed by atoms with Crippen molar-refractivity contribution in [3.8, 4) is 0 Å². The van der Waals surface area contributed by atoms with E-state index in [1.165, 1.54) is 11.3 Å². The molecule has 0 spiro atoms. The first-order chi connectivity index (χ1) is 12.1. The minimum Gasteiger partial charge on any atom is -0.356 e. The van der Waals surface area contributed by atoms with Crippen molar-refractivity contribution < 1.29 is 0 Å². The molecule has 25 heavy (non-hydrogen) atoms. The smallest absolute Gasteiger partial charge is 0.193 e. The zero-order chi connectivity index (χ0) is 17.8. The van der Waals surface area contributed by atoms with Gasteiger partial charge < -0.3 is 10.2 Å². The van der Waals surface area contributed by atoms with Gasteiger partial charge in [-0.15, -0.1) is 0 Å². The van der Waals surface area contributed by atoms with E-state index in [1.807, 2.05) is 31.9 Å². The molecule has 1 unspecified atom stereocenters. The number of nitrogens with one attached hydrogen (secondary N) is 1. The van der Waals surface area contributed by atoms with Crippen LogP contribution in [0.4, 0.5) is 0 Å². The largest absolute Gasteiger partial charge is 0.356 e. The van der Waals surface area contributed by atoms with Crippen molar-refractivity contribution in [3.05, 3.63) is 35.4 Å². The Morgan fingerprint density at radius 2 is 2.24 bits per heavy atom. The van der Waals surface area contributed by atoms with Crippen LogP contribution in [0, 0.1) is 13.8 Å². The maximum atomic E-state index is 4.51. The van der Waals surface area contributed by atoms with Gasteiger partial charge >= 0.3 is 0 Å². The van der Waals surface area contributed by atoms with E-state index in [2.05, 4.69) is 49.3 Å². The molecular formula is C18H29N7. The first-order valence-corrected chi connectivity index (χ1v) is 9.02. The molecule has 1 aliphatic heterocycles. The average molecular weight is 343 g/mol. The van der Waals surface area contributed by atoms with E-state index in [9.17, 15) is 0 Å². The highest BCUT2D eigenvalue weighted by Crippen LogP contribution is 2.26. The molecule has 0 bridgehead atoms. The second kappa shape index (κ2) is 7.72. The maximum absolute atomic E-state index is 4.51. The van der Waals surface area contributed by atoms with Crippen LogP contribution in [0.5, 0.6) is 0 Å². The van der Waals surface area contributed by atoms with Gasteiger partial charge in [-0.25, -0.2) is 0 Å². The second-order valence-electron chi connectivity index (χ2n) is 6.86. The fourth-order valence-corrected chi connectivity index (χ4v) is 3.54. The van der Waals surface area contributed by atoms with Gasteiger partial charge in [-0.3, -0.25) is 14.4 Å². The third-order valence-corrected chi connectivity index (χ3v) is 4.83. The molecular weight excluding hydrogens is 314 g/mol. The topological polar surface area (TPSA) is 63.3 Å². The molecule has 0 radical (unpaired) electrons. The fraction of sp³-hybridized carbons (Fsp3) is 0.611. The molecule has 1 N–H and O–H groups in total. The number of aryl methyl sites for hydroxylation is 4. The van der Waals surface area contributed by atoms with Crippen molar-refractivity contribution in [1.82, 2.24) is 29.8 Å². The summed E-state index contributed by atoms with van der Waals surface area (Å²) < 4.78 is 3.96. The summed E-state index contributed by atoms with van der Waals surface area (Å²) in [6.45, 7) is 8.02. The van der Waals surface area contributed by atoms with Crippen LogP contribution in [0.1, 0.15) is 35.7 Å². The fourth-order valence-electron chi connectivity index (χ4n) is 3.54. The number of aliphatic imine (C=N–C) groups is 1. The first-order valence-electron chi connectivity index (χ1n) is 9.02. The Morgan fingerprint density at radius 1 is 1.40 bits per heavy atom. The Bertz CT molecular complexity index is 728. The molecule has 1 saturated heterocycles. The summed E-state index contributed by atoms with van der Waals surface area (Å²) in [5, 5.41) is 12.3. The summed E-state index contributed by atoms with van der Waals surface area (Å²) in [6.07, 6.45) is 6.29. The highest BCUT2D eigenvalue weighted by atomic mass is 15.3. The van der Waals surface area contributed by atoms with Gasteiger partial charge in [0.15, 0.2) is 5.96 Å². The number of likely N-dealkylation sites (tertiary alicyclic amines) is 1. The van der Waals surface area contributed by atoms with Crippen LogP contribution in [0.3, 0.4) is 0 Å². The van der Waals surface area contributed by atoms with E-state index < -0.39 is 0 Å². The number of hydrogen-bond acceptors (Lipinski definition) is 3. The van der Waals surface area contributed by atoms with Gasteiger partial charge in [0.25, 0.3) is 0 Å². The molecule has 0 saturated carbocycles. The molecule has 136 valence electrons. The Hall–Kier alpha value is -2.31. The van der Waals surface area contributed by atoms with Crippen molar-refractivity contribution in [2.45, 2.75) is 39.2 Å². The second-order valence-corrected chi connectivity index (χ2v) is 6.86. The Kier molecular flexibility index (Phi) is 5.40. The predicted octanol–water partition coefficient (Wildman–Crippen LogP) is 1.69. The van der Waals surface area contributed by atoms with Crippen LogP contribution in [0.2, 0.25) is 0 Å². The minimum atomic E-state index is 0.543. The molecule has 1 fully saturated rings. The summed E-state index contributed by atoms with van der Waals surface area (Å²) in [7, 11) is 3.83. The lowest BCUT2D eigenvalue weighted by Gasteiger charge is -2.21. The first kappa shape index (κ1) is 17.5. The summed E-state index contributed by atoms with van der Waals surface area (Å²) in [5.74, 6) is 1.54. The monoisotopic (exact) mass is 343 g/mol. The summed E-state index contributed by atoms with van der Waals surface area (Å²) in [5.41, 5.74) is 3.63. The molecule has 3 rings (SSSR count). The SMILES string of the molecule is CN=C(NCCCn1nc(C)cc1C)N1CCC(c2cnn(C)c2)C1. The molecule has 7 nitrogen and oxygen atoms in total. The molecule has 1 aliphatic rings. The van der Waals surface area contributed by atoms with E-state index in [4.69, 9.17) is 0 Å². The lowest BCUT2D eigenvalue weighted by atomic mass is 10.0. The number of aromatic nitrogens is 4. The van der Waals surface area contributed by atoms with Crippen LogP contribution in [-0.2, 0) is 13.6 Å². The van der Waals surface area contributed by atoms with E-state index in [0.717, 1.165) is 50.7 Å². The predicted molar refractivity (Wildman–Crippen MR) is 99.8 cm³/mol. The van der Waals surface area contributed by atoms with E-state index in [-0.39, 0.29) is 0 Å². The van der Waals surface area contributed by atoms with Crippen molar-refractivity contribution in [3.63, 3.8) is 0 Å². The van der Waals surface area contributed by atoms with E-state index >= 15 is 0 Å². The summed E-state index contributed by atoms with van der Waals surface area (Å²) >= 11 is 0. The third-order valence-electron chi connectivity index (χ3n) is 4.83. The van der Waals surface area contributed by atoms with Gasteiger partial charge in [0.1, 0.15) is 0 Å². The molecule has 7 heteroatoms. The average Bonchev–Trinajstić information content (AvgIpc) is 3.28. The number of nitrogens with zero attached hydrogens (tertiary/aromatic N) is 6. The molecule has 2 aromatic rings. The molecule has 0 amide bonds. The van der Waals surface area contributed by atoms with Gasteiger partial charge in [-0.2, -0.15) is 10.2 Å². The maximum Gasteiger partial charge on any atom is 0.193 e. The zero-order valence-electron chi connectivity index (χ0n) is 15.7. The van der Waals surface area contributed by atoms with Crippen molar-refractivity contribution in [2.24, 2.45) is 12.0 Å². The van der Waals surface area contributed by atoms with Crippen molar-refractivity contribution in [1.29, 1.82) is 0 Å². The number of guanidine groups is 1. The Labute approximate surface area is 149 Å². The van der Waals surface area contributed by atoms with Crippen LogP contribution >= 0.6 is 0 Å². The third kappa shape index (κ3) is 4.21. The highest BCUT2D eigenvalue weighted by molar-refractivity contribution is 5.80. The molecule has 2 aromatic heterocycles. The Balaban J connectivity index is 1.46. The number of hydrogen-bond donors (Lipinski definition) is 1. The quantitative estimate of drug-likeness (QED) is 0.510. The lowest BCUT2D eigenvalue weighted by Crippen LogP contribution is -2.40. The Morgan fingerprint density at radius 3 is 2.88 bits per heavy atom. The lowest BCUT2D eigenvalue weighted by molar-refractivity contribution is 0.478. The number of rotatable bonds is 5. The van der Waals surface area contributed by atoms with Crippen LogP contribution in [0.25, 0.3) is 0 Å². The summed E-state index contributed by atoms with van der Waals surface area (Å²) in [6, 6.07) is 2.12. The van der Waals surface area contributed by atoms with Crippen LogP contribution in [-0.4, -0.2) is 57.1 Å². The summed E-state index contributed by atoms with van der Waals surface area (Å²) in [4.78, 5) is 6.81. The highest BCUT2D eigenvalue weighted by Gasteiger charge is 2.26. The van der Waals surface area contributed by atoms with Gasteiger partial charge in [0.05, 0.1) is 11.9 Å².